The first-order valence-corrected chi connectivity index (χ1v) is 13.5. The Hall–Kier alpha value is -2.58. The van der Waals surface area contributed by atoms with E-state index in [0.717, 1.165) is 24.2 Å². The van der Waals surface area contributed by atoms with Crippen LogP contribution in [0.2, 0.25) is 0 Å². The van der Waals surface area contributed by atoms with E-state index in [-0.39, 0.29) is 29.0 Å². The van der Waals surface area contributed by atoms with Crippen molar-refractivity contribution < 1.29 is 22.7 Å². The third-order valence-corrected chi connectivity index (χ3v) is 9.13. The first kappa shape index (κ1) is 24.5. The molecule has 1 fully saturated rings. The van der Waals surface area contributed by atoms with E-state index in [0.29, 0.717) is 31.6 Å². The van der Waals surface area contributed by atoms with Gasteiger partial charge in [0.15, 0.2) is 0 Å². The standard InChI is InChI=1S/C26H34N2O5S/c1-4-26(5-2)17-23(22-10-6-7-11-24(22)33-26)27-25(29)19-9-8-16-28(18-19)34(30,31)21-14-12-20(32-3)13-15-21/h6-7,10-15,19,23H,4-5,8-9,16-18H2,1-3H3,(H,27,29)/t19-,23-/m0/s1. The number of rotatable bonds is 7. The number of ether oxygens (including phenoxy) is 2. The zero-order chi connectivity index (χ0) is 24.3. The molecule has 2 aromatic carbocycles. The van der Waals surface area contributed by atoms with Gasteiger partial charge in [-0.3, -0.25) is 4.79 Å². The molecule has 0 aliphatic carbocycles. The molecule has 2 atom stereocenters. The lowest BCUT2D eigenvalue weighted by Crippen LogP contribution is -2.49. The molecule has 1 amide bonds. The van der Waals surface area contributed by atoms with Crippen molar-refractivity contribution in [2.45, 2.75) is 62.5 Å². The van der Waals surface area contributed by atoms with Crippen molar-refractivity contribution in [3.63, 3.8) is 0 Å². The van der Waals surface area contributed by atoms with Crippen molar-refractivity contribution in [1.29, 1.82) is 0 Å². The van der Waals surface area contributed by atoms with Gasteiger partial charge in [0.1, 0.15) is 17.1 Å². The Bertz CT molecular complexity index is 1110. The highest BCUT2D eigenvalue weighted by atomic mass is 32.2. The summed E-state index contributed by atoms with van der Waals surface area (Å²) in [6, 6.07) is 14.1. The minimum absolute atomic E-state index is 0.0996. The maximum absolute atomic E-state index is 13.4. The lowest BCUT2D eigenvalue weighted by molar-refractivity contribution is -0.127. The highest BCUT2D eigenvalue weighted by molar-refractivity contribution is 7.89. The van der Waals surface area contributed by atoms with E-state index in [2.05, 4.69) is 19.2 Å². The van der Waals surface area contributed by atoms with Crippen molar-refractivity contribution >= 4 is 15.9 Å². The molecule has 2 aliphatic heterocycles. The van der Waals surface area contributed by atoms with E-state index >= 15 is 0 Å². The van der Waals surface area contributed by atoms with Gasteiger partial charge in [-0.25, -0.2) is 8.42 Å². The number of nitrogens with one attached hydrogen (secondary N) is 1. The summed E-state index contributed by atoms with van der Waals surface area (Å²) < 4.78 is 39.3. The van der Waals surface area contributed by atoms with Gasteiger partial charge in [0, 0.05) is 25.1 Å². The third kappa shape index (κ3) is 4.79. The van der Waals surface area contributed by atoms with Crippen LogP contribution in [0.5, 0.6) is 11.5 Å². The number of amides is 1. The van der Waals surface area contributed by atoms with E-state index in [1.807, 2.05) is 24.3 Å². The smallest absolute Gasteiger partial charge is 0.243 e. The summed E-state index contributed by atoms with van der Waals surface area (Å²) in [6.45, 7) is 4.81. The van der Waals surface area contributed by atoms with E-state index in [1.165, 1.54) is 4.31 Å². The Balaban J connectivity index is 1.50. The normalized spacial score (nSPS) is 22.3. The molecule has 0 spiro atoms. The summed E-state index contributed by atoms with van der Waals surface area (Å²) >= 11 is 0. The molecule has 34 heavy (non-hydrogen) atoms. The topological polar surface area (TPSA) is 84.9 Å². The second kappa shape index (κ2) is 9.96. The minimum Gasteiger partial charge on any atom is -0.497 e. The Morgan fingerprint density at radius 3 is 2.53 bits per heavy atom. The van der Waals surface area contributed by atoms with E-state index in [4.69, 9.17) is 9.47 Å². The average Bonchev–Trinajstić information content (AvgIpc) is 2.88. The molecule has 0 bridgehead atoms. The van der Waals surface area contributed by atoms with Crippen LogP contribution in [-0.2, 0) is 14.8 Å². The predicted molar refractivity (Wildman–Crippen MR) is 130 cm³/mol. The summed E-state index contributed by atoms with van der Waals surface area (Å²) in [7, 11) is -2.14. The van der Waals surface area contributed by atoms with E-state index in [9.17, 15) is 13.2 Å². The van der Waals surface area contributed by atoms with Crippen LogP contribution in [-0.4, -0.2) is 44.4 Å². The number of carbonyl (C=O) groups is 1. The maximum atomic E-state index is 13.4. The molecular formula is C26H34N2O5S. The Labute approximate surface area is 202 Å². The SMILES string of the molecule is CCC1(CC)C[C@H](NC(=O)[C@H]2CCCN(S(=O)(=O)c3ccc(OC)cc3)C2)c2ccccc2O1. The van der Waals surface area contributed by atoms with Crippen molar-refractivity contribution in [2.75, 3.05) is 20.2 Å². The van der Waals surface area contributed by atoms with Gasteiger partial charge in [-0.15, -0.1) is 0 Å². The fourth-order valence-electron chi connectivity index (χ4n) is 4.99. The molecule has 2 aliphatic rings. The van der Waals surface area contributed by atoms with Gasteiger partial charge in [-0.05, 0) is 56.0 Å². The molecule has 4 rings (SSSR count). The van der Waals surface area contributed by atoms with Crippen LogP contribution in [0, 0.1) is 5.92 Å². The number of methoxy groups -OCH3 is 1. The third-order valence-electron chi connectivity index (χ3n) is 7.25. The summed E-state index contributed by atoms with van der Waals surface area (Å²) in [4.78, 5) is 13.6. The molecule has 2 aromatic rings. The zero-order valence-corrected chi connectivity index (χ0v) is 20.9. The van der Waals surface area contributed by atoms with Gasteiger partial charge in [-0.1, -0.05) is 32.0 Å². The molecule has 184 valence electrons. The predicted octanol–water partition coefficient (Wildman–Crippen LogP) is 4.29. The van der Waals surface area contributed by atoms with Crippen molar-refractivity contribution in [2.24, 2.45) is 5.92 Å². The first-order chi connectivity index (χ1) is 16.3. The molecule has 8 heteroatoms. The second-order valence-corrected chi connectivity index (χ2v) is 11.1. The molecule has 1 saturated heterocycles. The number of fused-ring (bicyclic) bond motifs is 1. The monoisotopic (exact) mass is 486 g/mol. The van der Waals surface area contributed by atoms with Crippen LogP contribution >= 0.6 is 0 Å². The minimum atomic E-state index is -3.68. The fourth-order valence-corrected chi connectivity index (χ4v) is 6.51. The molecule has 0 aromatic heterocycles. The lowest BCUT2D eigenvalue weighted by atomic mass is 9.83. The maximum Gasteiger partial charge on any atom is 0.243 e. The number of nitrogens with zero attached hydrogens (tertiary/aromatic N) is 1. The summed E-state index contributed by atoms with van der Waals surface area (Å²) in [5, 5.41) is 3.24. The van der Waals surface area contributed by atoms with Crippen LogP contribution in [0.1, 0.15) is 57.6 Å². The fraction of sp³-hybridized carbons (Fsp3) is 0.500. The van der Waals surface area contributed by atoms with Gasteiger partial charge in [0.25, 0.3) is 0 Å². The number of benzene rings is 2. The highest BCUT2D eigenvalue weighted by Gasteiger charge is 2.40. The van der Waals surface area contributed by atoms with E-state index < -0.39 is 15.9 Å². The van der Waals surface area contributed by atoms with Crippen LogP contribution in [0.25, 0.3) is 0 Å². The summed E-state index contributed by atoms with van der Waals surface area (Å²) in [5.41, 5.74) is 0.662. The van der Waals surface area contributed by atoms with Gasteiger partial charge >= 0.3 is 0 Å². The number of carbonyl (C=O) groups excluding carboxylic acids is 1. The number of hydrogen-bond acceptors (Lipinski definition) is 5. The van der Waals surface area contributed by atoms with Gasteiger partial charge in [-0.2, -0.15) is 4.31 Å². The summed E-state index contributed by atoms with van der Waals surface area (Å²) in [6.07, 6.45) is 3.70. The van der Waals surface area contributed by atoms with Crippen LogP contribution in [0.4, 0.5) is 0 Å². The Kier molecular flexibility index (Phi) is 7.19. The van der Waals surface area contributed by atoms with Crippen LogP contribution < -0.4 is 14.8 Å². The second-order valence-electron chi connectivity index (χ2n) is 9.17. The molecule has 7 nitrogen and oxygen atoms in total. The van der Waals surface area contributed by atoms with Crippen molar-refractivity contribution in [3.05, 3.63) is 54.1 Å². The molecule has 0 unspecified atom stereocenters. The number of piperidine rings is 1. The van der Waals surface area contributed by atoms with Gasteiger partial charge in [0.05, 0.1) is 24.0 Å². The van der Waals surface area contributed by atoms with E-state index in [1.54, 1.807) is 31.4 Å². The van der Waals surface area contributed by atoms with Crippen LogP contribution in [0.3, 0.4) is 0 Å². The number of sulfonamides is 1. The quantitative estimate of drug-likeness (QED) is 0.631. The molecular weight excluding hydrogens is 452 g/mol. The first-order valence-electron chi connectivity index (χ1n) is 12.0. The Morgan fingerprint density at radius 1 is 1.15 bits per heavy atom. The molecule has 1 N–H and O–H groups in total. The van der Waals surface area contributed by atoms with Gasteiger partial charge in [0.2, 0.25) is 15.9 Å². The van der Waals surface area contributed by atoms with Crippen molar-refractivity contribution in [3.8, 4) is 11.5 Å². The van der Waals surface area contributed by atoms with Crippen molar-refractivity contribution in [1.82, 2.24) is 9.62 Å². The largest absolute Gasteiger partial charge is 0.497 e. The molecule has 0 saturated carbocycles. The highest BCUT2D eigenvalue weighted by Crippen LogP contribution is 2.42. The average molecular weight is 487 g/mol. The molecule has 0 radical (unpaired) electrons. The number of para-hydroxylation sites is 1. The number of hydrogen-bond donors (Lipinski definition) is 1. The zero-order valence-electron chi connectivity index (χ0n) is 20.1. The summed E-state index contributed by atoms with van der Waals surface area (Å²) in [5.74, 6) is 0.920. The molecule has 2 heterocycles. The Morgan fingerprint density at radius 2 is 1.85 bits per heavy atom. The lowest BCUT2D eigenvalue weighted by Gasteiger charge is -2.42. The van der Waals surface area contributed by atoms with Gasteiger partial charge < -0.3 is 14.8 Å². The van der Waals surface area contributed by atoms with Crippen LogP contribution in [0.15, 0.2) is 53.4 Å².